The van der Waals surface area contributed by atoms with Crippen molar-refractivity contribution < 1.29 is 21.5 Å². The molecule has 0 radical (unpaired) electrons. The predicted octanol–water partition coefficient (Wildman–Crippen LogP) is 4.65. The first-order valence-corrected chi connectivity index (χ1v) is 11.3. The van der Waals surface area contributed by atoms with Crippen LogP contribution in [0.5, 0.6) is 0 Å². The first kappa shape index (κ1) is 25.2. The highest BCUT2D eigenvalue weighted by Crippen LogP contribution is 2.25. The van der Waals surface area contributed by atoms with Gasteiger partial charge in [-0.05, 0) is 36.1 Å². The van der Waals surface area contributed by atoms with E-state index in [1.165, 1.54) is 92.7 Å². The molecule has 0 heterocycles. The molecule has 0 aliphatic heterocycles. The second-order valence-corrected chi connectivity index (χ2v) is 9.09. The fourth-order valence-electron chi connectivity index (χ4n) is 4.22. The number of fused-ring (bicyclic) bond motifs is 1. The van der Waals surface area contributed by atoms with Crippen LogP contribution in [-0.4, -0.2) is 25.1 Å². The Morgan fingerprint density at radius 3 is 1.82 bits per heavy atom. The summed E-state index contributed by atoms with van der Waals surface area (Å²) in [6.07, 6.45) is 14.1. The fourth-order valence-corrected chi connectivity index (χ4v) is 4.22. The Morgan fingerprint density at radius 2 is 1.21 bits per heavy atom. The zero-order valence-corrected chi connectivity index (χ0v) is 20.4. The minimum atomic E-state index is 0. The van der Waals surface area contributed by atoms with Crippen molar-refractivity contribution in [1.29, 1.82) is 0 Å². The summed E-state index contributed by atoms with van der Waals surface area (Å²) in [7, 11) is 4.78. The van der Waals surface area contributed by atoms with Crippen LogP contribution in [0.25, 0.3) is 10.8 Å². The summed E-state index contributed by atoms with van der Waals surface area (Å²) in [5.41, 5.74) is 2.88. The van der Waals surface area contributed by atoms with Gasteiger partial charge in [-0.1, -0.05) is 94.7 Å². The van der Waals surface area contributed by atoms with E-state index in [1.54, 1.807) is 0 Å². The third kappa shape index (κ3) is 8.66. The second kappa shape index (κ2) is 13.4. The molecule has 2 aromatic carbocycles. The molecule has 0 unspecified atom stereocenters. The number of hydrogen-bond donors (Lipinski definition) is 0. The summed E-state index contributed by atoms with van der Waals surface area (Å²) in [4.78, 5) is 0. The molecule has 0 atom stereocenters. The quantitative estimate of drug-likeness (QED) is 0.309. The highest BCUT2D eigenvalue weighted by atomic mass is 79.9. The average molecular weight is 449 g/mol. The molecule has 0 bridgehead atoms. The summed E-state index contributed by atoms with van der Waals surface area (Å²) >= 11 is 0. The molecule has 0 spiro atoms. The van der Waals surface area contributed by atoms with E-state index in [-0.39, 0.29) is 17.0 Å². The zero-order chi connectivity index (χ0) is 19.5. The molecule has 0 aliphatic rings. The molecule has 2 rings (SSSR count). The van der Waals surface area contributed by atoms with Crippen molar-refractivity contribution in [2.24, 2.45) is 0 Å². The molecule has 0 aromatic heterocycles. The van der Waals surface area contributed by atoms with Crippen molar-refractivity contribution in [3.05, 3.63) is 47.5 Å². The van der Waals surface area contributed by atoms with Crippen molar-refractivity contribution in [3.8, 4) is 0 Å². The molecule has 0 aliphatic carbocycles. The molecule has 1 nitrogen and oxygen atoms in total. The lowest BCUT2D eigenvalue weighted by atomic mass is 9.99. The third-order valence-electron chi connectivity index (χ3n) is 5.95. The van der Waals surface area contributed by atoms with Gasteiger partial charge < -0.3 is 21.5 Å². The van der Waals surface area contributed by atoms with Gasteiger partial charge >= 0.3 is 0 Å². The normalized spacial score (nSPS) is 11.6. The van der Waals surface area contributed by atoms with E-state index < -0.39 is 0 Å². The molecule has 0 amide bonds. The maximum Gasteiger partial charge on any atom is 0.105 e. The van der Waals surface area contributed by atoms with Gasteiger partial charge in [-0.2, -0.15) is 0 Å². The van der Waals surface area contributed by atoms with Crippen LogP contribution in [-0.2, 0) is 6.54 Å². The molecule has 2 heteroatoms. The lowest BCUT2D eigenvalue weighted by Gasteiger charge is -2.30. The van der Waals surface area contributed by atoms with Gasteiger partial charge in [0.25, 0.3) is 0 Å². The third-order valence-corrected chi connectivity index (χ3v) is 5.95. The number of nitrogens with zero attached hydrogens (tertiary/aromatic N) is 1. The van der Waals surface area contributed by atoms with Crippen molar-refractivity contribution in [2.45, 2.75) is 84.6 Å². The van der Waals surface area contributed by atoms with Gasteiger partial charge in [-0.25, -0.2) is 0 Å². The van der Waals surface area contributed by atoms with Crippen LogP contribution in [0.4, 0.5) is 0 Å². The van der Waals surface area contributed by atoms with E-state index >= 15 is 0 Å². The topological polar surface area (TPSA) is 0 Å². The molecule has 2 aromatic rings. The molecular weight excluding hydrogens is 406 g/mol. The van der Waals surface area contributed by atoms with Gasteiger partial charge in [0, 0.05) is 5.56 Å². The predicted molar refractivity (Wildman–Crippen MR) is 121 cm³/mol. The maximum atomic E-state index is 2.39. The van der Waals surface area contributed by atoms with Gasteiger partial charge in [0.05, 0.1) is 20.6 Å². The molecule has 28 heavy (non-hydrogen) atoms. The first-order valence-electron chi connectivity index (χ1n) is 11.3. The second-order valence-electron chi connectivity index (χ2n) is 9.09. The van der Waals surface area contributed by atoms with Crippen LogP contribution < -0.4 is 17.0 Å². The number of benzene rings is 2. The van der Waals surface area contributed by atoms with Gasteiger partial charge in [0.1, 0.15) is 6.54 Å². The molecule has 0 fully saturated rings. The van der Waals surface area contributed by atoms with E-state index in [2.05, 4.69) is 64.3 Å². The van der Waals surface area contributed by atoms with E-state index in [4.69, 9.17) is 0 Å². The van der Waals surface area contributed by atoms with Crippen molar-refractivity contribution in [2.75, 3.05) is 20.6 Å². The highest BCUT2D eigenvalue weighted by molar-refractivity contribution is 5.88. The Balaban J connectivity index is 0.00000392. The number of rotatable bonds is 13. The minimum absolute atomic E-state index is 0. The van der Waals surface area contributed by atoms with Crippen molar-refractivity contribution in [3.63, 3.8) is 0 Å². The Hall–Kier alpha value is -0.860. The summed E-state index contributed by atoms with van der Waals surface area (Å²) in [6.45, 7) is 6.91. The smallest absolute Gasteiger partial charge is 0.105 e. The number of halogens is 1. The van der Waals surface area contributed by atoms with E-state index in [9.17, 15) is 0 Å². The summed E-state index contributed by atoms with van der Waals surface area (Å²) in [5.74, 6) is 0. The lowest BCUT2D eigenvalue weighted by molar-refractivity contribution is -0.903. The zero-order valence-electron chi connectivity index (χ0n) is 18.8. The van der Waals surface area contributed by atoms with Gasteiger partial charge in [0.15, 0.2) is 0 Å². The Bertz CT molecular complexity index is 677. The Kier molecular flexibility index (Phi) is 12.0. The van der Waals surface area contributed by atoms with Crippen LogP contribution in [0.3, 0.4) is 0 Å². The number of quaternary nitrogens is 1. The highest BCUT2D eigenvalue weighted by Gasteiger charge is 2.17. The van der Waals surface area contributed by atoms with Crippen LogP contribution in [0, 0.1) is 6.92 Å². The van der Waals surface area contributed by atoms with E-state index in [0.29, 0.717) is 0 Å². The van der Waals surface area contributed by atoms with Gasteiger partial charge in [-0.15, -0.1) is 0 Å². The summed E-state index contributed by atoms with van der Waals surface area (Å²) in [6, 6.07) is 13.5. The molecule has 158 valence electrons. The average Bonchev–Trinajstić information content (AvgIpc) is 2.66. The van der Waals surface area contributed by atoms with Crippen LogP contribution in [0.15, 0.2) is 36.4 Å². The number of hydrogen-bond acceptors (Lipinski definition) is 0. The first-order chi connectivity index (χ1) is 13.0. The molecule has 0 N–H and O–H groups in total. The standard InChI is InChI=1S/C26H42N.BrH/c1-5-6-7-8-9-10-11-12-13-16-21-27(3,4)22-24-20-19-23(2)25-17-14-15-18-26(24)25;/h14-15,17-20H,5-13,16,21-22H2,1-4H3;1H/q+1;/p-1. The summed E-state index contributed by atoms with van der Waals surface area (Å²) in [5, 5.41) is 2.85. The monoisotopic (exact) mass is 447 g/mol. The molecule has 0 saturated carbocycles. The van der Waals surface area contributed by atoms with Crippen molar-refractivity contribution >= 4 is 10.8 Å². The largest absolute Gasteiger partial charge is 1.00 e. The van der Waals surface area contributed by atoms with Crippen LogP contribution in [0.1, 0.15) is 82.3 Å². The van der Waals surface area contributed by atoms with Crippen LogP contribution in [0.2, 0.25) is 0 Å². The summed E-state index contributed by atoms with van der Waals surface area (Å²) < 4.78 is 1.09. The lowest BCUT2D eigenvalue weighted by Crippen LogP contribution is -3.00. The molecule has 0 saturated heterocycles. The fraction of sp³-hybridized carbons (Fsp3) is 0.615. The number of aryl methyl sites for hydroxylation is 1. The van der Waals surface area contributed by atoms with Crippen molar-refractivity contribution in [1.82, 2.24) is 0 Å². The Morgan fingerprint density at radius 1 is 0.679 bits per heavy atom. The van der Waals surface area contributed by atoms with Gasteiger partial charge in [0.2, 0.25) is 0 Å². The SMILES string of the molecule is CCCCCCCCCCCC[N+](C)(C)Cc1ccc(C)c2ccccc12.[Br-]. The number of unbranched alkanes of at least 4 members (excludes halogenated alkanes) is 9. The van der Waals surface area contributed by atoms with E-state index in [0.717, 1.165) is 11.0 Å². The van der Waals surface area contributed by atoms with Crippen LogP contribution >= 0.6 is 0 Å². The van der Waals surface area contributed by atoms with E-state index in [1.807, 2.05) is 0 Å². The van der Waals surface area contributed by atoms with Gasteiger partial charge in [-0.3, -0.25) is 0 Å². The Labute approximate surface area is 184 Å². The maximum absolute atomic E-state index is 2.39. The molecular formula is C26H42BrN. The minimum Gasteiger partial charge on any atom is -1.00 e.